The van der Waals surface area contributed by atoms with Gasteiger partial charge in [-0.15, -0.1) is 0 Å². The van der Waals surface area contributed by atoms with Gasteiger partial charge in [-0.1, -0.05) is 32.6 Å². The lowest BCUT2D eigenvalue weighted by Gasteiger charge is -2.31. The molecule has 1 aromatic carbocycles. The van der Waals surface area contributed by atoms with E-state index in [-0.39, 0.29) is 36.3 Å². The van der Waals surface area contributed by atoms with Gasteiger partial charge in [0.2, 0.25) is 0 Å². The van der Waals surface area contributed by atoms with Crippen LogP contribution in [0.25, 0.3) is 0 Å². The number of para-hydroxylation sites is 1. The van der Waals surface area contributed by atoms with Crippen molar-refractivity contribution in [2.24, 2.45) is 16.6 Å². The van der Waals surface area contributed by atoms with Crippen LogP contribution in [-0.2, 0) is 36.3 Å². The number of phosphoric acid groups is 3. The topological polar surface area (TPSA) is 283 Å². The molecule has 3 rings (SSSR count). The molecule has 0 saturated carbocycles. The molecule has 2 aliphatic rings. The maximum absolute atomic E-state index is 12.0. The van der Waals surface area contributed by atoms with Crippen molar-refractivity contribution < 1.29 is 65.9 Å². The van der Waals surface area contributed by atoms with E-state index in [1.807, 2.05) is 13.8 Å². The van der Waals surface area contributed by atoms with E-state index < -0.39 is 59.5 Å². The number of aliphatic hydroxyl groups excluding tert-OH is 1. The number of amidine groups is 1. The third-order valence-corrected chi connectivity index (χ3v) is 9.77. The second-order valence-electron chi connectivity index (χ2n) is 9.59. The third kappa shape index (κ3) is 9.83. The molecule has 2 aliphatic heterocycles. The van der Waals surface area contributed by atoms with Crippen LogP contribution >= 0.6 is 23.5 Å². The highest BCUT2D eigenvalue weighted by Crippen LogP contribution is 2.66. The Kier molecular flexibility index (Phi) is 11.2. The van der Waals surface area contributed by atoms with Gasteiger partial charge in [0.05, 0.1) is 35.9 Å². The van der Waals surface area contributed by atoms with Crippen molar-refractivity contribution in [2.45, 2.75) is 44.8 Å². The van der Waals surface area contributed by atoms with Crippen LogP contribution in [0, 0.1) is 16.0 Å². The van der Waals surface area contributed by atoms with Gasteiger partial charge in [-0.05, 0) is 12.0 Å². The largest absolute Gasteiger partial charge is 0.490 e. The zero-order valence-electron chi connectivity index (χ0n) is 22.7. The monoisotopic (exact) mass is 672 g/mol. The highest BCUT2D eigenvalue weighted by molar-refractivity contribution is 7.66. The average molecular weight is 672 g/mol. The number of hydrogen-bond donors (Lipinski definition) is 6. The number of nitrogens with zero attached hydrogens (tertiary/aromatic N) is 3. The molecular formula is C21H31N4O15P3. The van der Waals surface area contributed by atoms with Crippen molar-refractivity contribution in [3.63, 3.8) is 0 Å². The second-order valence-corrected chi connectivity index (χ2v) is 14.0. The van der Waals surface area contributed by atoms with Crippen LogP contribution in [0.2, 0.25) is 0 Å². The van der Waals surface area contributed by atoms with E-state index in [1.54, 1.807) is 18.2 Å². The molecule has 1 saturated heterocycles. The van der Waals surface area contributed by atoms with Crippen LogP contribution in [0.3, 0.4) is 0 Å². The molecule has 2 heterocycles. The summed E-state index contributed by atoms with van der Waals surface area (Å²) in [7, 11) is -16.7. The molecule has 0 spiro atoms. The highest BCUT2D eigenvalue weighted by atomic mass is 31.3. The molecule has 3 unspecified atom stereocenters. The van der Waals surface area contributed by atoms with E-state index >= 15 is 0 Å². The lowest BCUT2D eigenvalue weighted by molar-refractivity contribution is -0.386. The molecule has 0 aromatic heterocycles. The number of aliphatic hydroxyl groups is 1. The minimum Gasteiger partial charge on any atom is -0.390 e. The molecule has 22 heteroatoms. The summed E-state index contributed by atoms with van der Waals surface area (Å²) in [6, 6.07) is 6.17. The van der Waals surface area contributed by atoms with E-state index in [9.17, 15) is 38.7 Å². The minimum absolute atomic E-state index is 0.0501. The SMILES string of the molecule is C=C1N=C(N)C(COC(c2ccccc2[N+](=O)[O-])C(C)C)=CN1[C@H]1C[C@@H](O)[C@@H](COP(=O)(O)OP(=O)(O)OP(=O)(O)O)O1. The molecule has 0 radical (unpaired) electrons. The summed E-state index contributed by atoms with van der Waals surface area (Å²) in [6.45, 7) is 6.47. The molecule has 0 aliphatic carbocycles. The van der Waals surface area contributed by atoms with Crippen molar-refractivity contribution in [3.8, 4) is 0 Å². The summed E-state index contributed by atoms with van der Waals surface area (Å²) in [5.74, 6) is -0.0154. The zero-order valence-corrected chi connectivity index (χ0v) is 25.4. The van der Waals surface area contributed by atoms with Crippen molar-refractivity contribution >= 4 is 35.0 Å². The molecule has 0 bridgehead atoms. The number of benzene rings is 1. The Morgan fingerprint density at radius 1 is 1.19 bits per heavy atom. The van der Waals surface area contributed by atoms with Gasteiger partial charge in [-0.25, -0.2) is 18.7 Å². The van der Waals surface area contributed by atoms with E-state index in [1.165, 1.54) is 17.2 Å². The minimum atomic E-state index is -5.72. The van der Waals surface area contributed by atoms with Gasteiger partial charge in [-0.2, -0.15) is 8.62 Å². The van der Waals surface area contributed by atoms with Gasteiger partial charge < -0.3 is 44.8 Å². The number of nitrogens with two attached hydrogens (primary N) is 1. The number of nitro benzene ring substituents is 1. The average Bonchev–Trinajstić information content (AvgIpc) is 3.22. The Balaban J connectivity index is 1.68. The summed E-state index contributed by atoms with van der Waals surface area (Å²) in [5.41, 5.74) is 6.69. The van der Waals surface area contributed by atoms with Crippen molar-refractivity contribution in [1.82, 2.24) is 4.90 Å². The van der Waals surface area contributed by atoms with E-state index in [0.29, 0.717) is 11.1 Å². The Labute approximate surface area is 244 Å². The van der Waals surface area contributed by atoms with Gasteiger partial charge >= 0.3 is 23.5 Å². The van der Waals surface area contributed by atoms with E-state index in [4.69, 9.17) is 25.0 Å². The summed E-state index contributed by atoms with van der Waals surface area (Å²) < 4.78 is 57.9. The van der Waals surface area contributed by atoms with Crippen LogP contribution in [0.5, 0.6) is 0 Å². The van der Waals surface area contributed by atoms with Gasteiger partial charge in [0.15, 0.2) is 0 Å². The van der Waals surface area contributed by atoms with Crippen LogP contribution < -0.4 is 5.73 Å². The molecule has 240 valence electrons. The Morgan fingerprint density at radius 3 is 2.44 bits per heavy atom. The molecule has 0 amide bonds. The molecule has 6 atom stereocenters. The van der Waals surface area contributed by atoms with Gasteiger partial charge in [0, 0.05) is 24.3 Å². The van der Waals surface area contributed by atoms with Crippen molar-refractivity contribution in [3.05, 3.63) is 64.1 Å². The highest BCUT2D eigenvalue weighted by Gasteiger charge is 2.43. The molecule has 7 N–H and O–H groups in total. The standard InChI is InChI=1S/C21H31N4O15P3/c1-12(2)20(15-6-4-5-7-16(15)25(27)28)36-10-14-9-24(13(3)23-21(14)22)19-8-17(26)18(38-19)11-37-42(32,33)40-43(34,35)39-41(29,30)31/h4-7,9,12,17-20,26H,3,8,10-11H2,1-2H3,(H2,22,23)(H,32,33)(H,34,35)(H2,29,30,31)/t17-,18-,19-,20?/m1/s1. The zero-order chi connectivity index (χ0) is 32.3. The number of rotatable bonds is 14. The first-order valence-corrected chi connectivity index (χ1v) is 16.8. The summed E-state index contributed by atoms with van der Waals surface area (Å²) >= 11 is 0. The number of nitro groups is 1. The fourth-order valence-electron chi connectivity index (χ4n) is 4.16. The number of ether oxygens (including phenoxy) is 2. The lowest BCUT2D eigenvalue weighted by Crippen LogP contribution is -2.36. The summed E-state index contributed by atoms with van der Waals surface area (Å²) in [5, 5.41) is 22.0. The number of hydrogen-bond acceptors (Lipinski definition) is 14. The fourth-order valence-corrected chi connectivity index (χ4v) is 7.19. The van der Waals surface area contributed by atoms with E-state index in [2.05, 4.69) is 24.7 Å². The van der Waals surface area contributed by atoms with Gasteiger partial charge in [0.25, 0.3) is 5.69 Å². The number of aliphatic imine (C=N–C) groups is 1. The van der Waals surface area contributed by atoms with Crippen LogP contribution in [-0.4, -0.2) is 72.0 Å². The van der Waals surface area contributed by atoms with Gasteiger partial charge in [-0.3, -0.25) is 14.6 Å². The molecular weight excluding hydrogens is 641 g/mol. The number of phosphoric ester groups is 1. The third-order valence-electron chi connectivity index (χ3n) is 5.97. The molecule has 43 heavy (non-hydrogen) atoms. The molecule has 19 nitrogen and oxygen atoms in total. The summed E-state index contributed by atoms with van der Waals surface area (Å²) in [4.78, 5) is 52.8. The van der Waals surface area contributed by atoms with Crippen molar-refractivity contribution in [2.75, 3.05) is 13.2 Å². The van der Waals surface area contributed by atoms with Crippen molar-refractivity contribution in [1.29, 1.82) is 0 Å². The fraction of sp³-hybridized carbons (Fsp3) is 0.476. The normalized spacial score (nSPS) is 24.7. The predicted octanol–water partition coefficient (Wildman–Crippen LogP) is 2.16. The Morgan fingerprint density at radius 2 is 1.84 bits per heavy atom. The quantitative estimate of drug-likeness (QED) is 0.0937. The molecule has 1 fully saturated rings. The van der Waals surface area contributed by atoms with Crippen LogP contribution in [0.15, 0.2) is 53.4 Å². The molecule has 1 aromatic rings. The smallest absolute Gasteiger partial charge is 0.390 e. The maximum Gasteiger partial charge on any atom is 0.490 e. The second kappa shape index (κ2) is 13.7. The Bertz CT molecular complexity index is 1430. The van der Waals surface area contributed by atoms with Gasteiger partial charge in [0.1, 0.15) is 24.0 Å². The predicted molar refractivity (Wildman–Crippen MR) is 146 cm³/mol. The first kappa shape index (κ1) is 35.1. The lowest BCUT2D eigenvalue weighted by atomic mass is 9.97. The van der Waals surface area contributed by atoms with Crippen LogP contribution in [0.4, 0.5) is 5.69 Å². The first-order chi connectivity index (χ1) is 19.8. The van der Waals surface area contributed by atoms with Crippen LogP contribution in [0.1, 0.15) is 31.9 Å². The first-order valence-electron chi connectivity index (χ1n) is 12.3. The summed E-state index contributed by atoms with van der Waals surface area (Å²) in [6.07, 6.45) is -2.84. The Hall–Kier alpha value is -2.34. The maximum atomic E-state index is 12.0. The van der Waals surface area contributed by atoms with E-state index in [0.717, 1.165) is 0 Å².